The van der Waals surface area contributed by atoms with Crippen LogP contribution in [0.25, 0.3) is 0 Å². The summed E-state index contributed by atoms with van der Waals surface area (Å²) in [5.41, 5.74) is 2.74. The molecule has 0 saturated heterocycles. The predicted molar refractivity (Wildman–Crippen MR) is 113 cm³/mol. The Labute approximate surface area is 173 Å². The standard InChI is InChI=1S/C21H18Cl3NO2/c1-26-20-10-15(12-25-19-11-16(22)7-8-17(19)23)9-18(24)21(20)27-13-14-5-3-2-4-6-14/h2-11,25H,12-13H2,1H3. The van der Waals surface area contributed by atoms with Gasteiger partial charge in [0, 0.05) is 11.6 Å². The van der Waals surface area contributed by atoms with E-state index in [9.17, 15) is 0 Å². The highest BCUT2D eigenvalue weighted by Gasteiger charge is 2.13. The molecule has 3 aromatic rings. The molecule has 0 unspecified atom stereocenters. The van der Waals surface area contributed by atoms with Gasteiger partial charge in [-0.15, -0.1) is 0 Å². The average Bonchev–Trinajstić information content (AvgIpc) is 2.68. The number of benzene rings is 3. The van der Waals surface area contributed by atoms with Crippen LogP contribution >= 0.6 is 34.8 Å². The number of halogens is 3. The van der Waals surface area contributed by atoms with Crippen molar-refractivity contribution in [3.63, 3.8) is 0 Å². The molecule has 0 fully saturated rings. The predicted octanol–water partition coefficient (Wildman–Crippen LogP) is 6.85. The second-order valence-electron chi connectivity index (χ2n) is 5.86. The summed E-state index contributed by atoms with van der Waals surface area (Å²) in [4.78, 5) is 0. The van der Waals surface area contributed by atoms with E-state index in [1.807, 2.05) is 42.5 Å². The molecular weight excluding hydrogens is 405 g/mol. The minimum Gasteiger partial charge on any atom is -0.493 e. The molecule has 0 aromatic heterocycles. The molecule has 3 rings (SSSR count). The molecule has 1 N–H and O–H groups in total. The van der Waals surface area contributed by atoms with Gasteiger partial charge in [0.25, 0.3) is 0 Å². The summed E-state index contributed by atoms with van der Waals surface area (Å²) in [6, 6.07) is 18.9. The Morgan fingerprint density at radius 2 is 1.63 bits per heavy atom. The third-order valence-electron chi connectivity index (χ3n) is 3.93. The summed E-state index contributed by atoms with van der Waals surface area (Å²) in [6.07, 6.45) is 0. The SMILES string of the molecule is COc1cc(CNc2cc(Cl)ccc2Cl)cc(Cl)c1OCc1ccccc1. The Bertz CT molecular complexity index is 917. The molecule has 0 saturated carbocycles. The van der Waals surface area contributed by atoms with Crippen molar-refractivity contribution in [1.82, 2.24) is 0 Å². The minimum absolute atomic E-state index is 0.409. The quantitative estimate of drug-likeness (QED) is 0.452. The number of anilines is 1. The van der Waals surface area contributed by atoms with Crippen molar-refractivity contribution in [2.75, 3.05) is 12.4 Å². The third kappa shape index (κ3) is 5.23. The second kappa shape index (κ2) is 9.23. The molecule has 3 nitrogen and oxygen atoms in total. The highest BCUT2D eigenvalue weighted by atomic mass is 35.5. The first-order chi connectivity index (χ1) is 13.1. The highest BCUT2D eigenvalue weighted by Crippen LogP contribution is 2.37. The molecule has 0 bridgehead atoms. The van der Waals surface area contributed by atoms with Crippen LogP contribution in [0.15, 0.2) is 60.7 Å². The molecule has 0 amide bonds. The van der Waals surface area contributed by atoms with Crippen LogP contribution in [0, 0.1) is 0 Å². The van der Waals surface area contributed by atoms with E-state index in [2.05, 4.69) is 5.32 Å². The number of hydrogen-bond acceptors (Lipinski definition) is 3. The first kappa shape index (κ1) is 19.7. The average molecular weight is 423 g/mol. The lowest BCUT2D eigenvalue weighted by Crippen LogP contribution is -2.03. The molecule has 0 aliphatic carbocycles. The van der Waals surface area contributed by atoms with Crippen molar-refractivity contribution >= 4 is 40.5 Å². The van der Waals surface area contributed by atoms with Gasteiger partial charge in [-0.3, -0.25) is 0 Å². The van der Waals surface area contributed by atoms with E-state index in [1.54, 1.807) is 25.3 Å². The summed E-state index contributed by atoms with van der Waals surface area (Å²) in [6.45, 7) is 0.918. The Morgan fingerprint density at radius 1 is 0.852 bits per heavy atom. The van der Waals surface area contributed by atoms with Gasteiger partial charge in [-0.2, -0.15) is 0 Å². The molecule has 0 atom stereocenters. The molecule has 6 heteroatoms. The molecular formula is C21H18Cl3NO2. The van der Waals surface area contributed by atoms with Crippen LogP contribution in [0.2, 0.25) is 15.1 Å². The number of hydrogen-bond donors (Lipinski definition) is 1. The Morgan fingerprint density at radius 3 is 2.37 bits per heavy atom. The molecule has 0 aliphatic rings. The monoisotopic (exact) mass is 421 g/mol. The molecule has 0 heterocycles. The van der Waals surface area contributed by atoms with Crippen LogP contribution in [0.5, 0.6) is 11.5 Å². The molecule has 0 aliphatic heterocycles. The van der Waals surface area contributed by atoms with Crippen LogP contribution in [-0.2, 0) is 13.2 Å². The molecule has 140 valence electrons. The van der Waals surface area contributed by atoms with Gasteiger partial charge < -0.3 is 14.8 Å². The van der Waals surface area contributed by atoms with Crippen LogP contribution in [0.4, 0.5) is 5.69 Å². The summed E-state index contributed by atoms with van der Waals surface area (Å²) >= 11 is 18.6. The van der Waals surface area contributed by atoms with Gasteiger partial charge in [-0.05, 0) is 41.5 Å². The van der Waals surface area contributed by atoms with Crippen LogP contribution in [0.1, 0.15) is 11.1 Å². The lowest BCUT2D eigenvalue weighted by Gasteiger charge is -2.15. The maximum Gasteiger partial charge on any atom is 0.180 e. The maximum absolute atomic E-state index is 6.44. The Hall–Kier alpha value is -2.07. The largest absolute Gasteiger partial charge is 0.493 e. The smallest absolute Gasteiger partial charge is 0.180 e. The normalized spacial score (nSPS) is 10.5. The fourth-order valence-electron chi connectivity index (χ4n) is 2.58. The first-order valence-corrected chi connectivity index (χ1v) is 9.42. The van der Waals surface area contributed by atoms with Gasteiger partial charge in [0.15, 0.2) is 11.5 Å². The fourth-order valence-corrected chi connectivity index (χ4v) is 3.22. The van der Waals surface area contributed by atoms with E-state index >= 15 is 0 Å². The van der Waals surface area contributed by atoms with Gasteiger partial charge in [0.2, 0.25) is 0 Å². The van der Waals surface area contributed by atoms with Crippen LogP contribution in [-0.4, -0.2) is 7.11 Å². The van der Waals surface area contributed by atoms with Crippen molar-refractivity contribution in [2.45, 2.75) is 13.2 Å². The van der Waals surface area contributed by atoms with Crippen molar-refractivity contribution < 1.29 is 9.47 Å². The lowest BCUT2D eigenvalue weighted by molar-refractivity contribution is 0.284. The van der Waals surface area contributed by atoms with Crippen molar-refractivity contribution in [1.29, 1.82) is 0 Å². The molecule has 27 heavy (non-hydrogen) atoms. The van der Waals surface area contributed by atoms with E-state index in [1.165, 1.54) is 0 Å². The zero-order valence-corrected chi connectivity index (χ0v) is 16.9. The maximum atomic E-state index is 6.44. The van der Waals surface area contributed by atoms with Gasteiger partial charge in [-0.25, -0.2) is 0 Å². The van der Waals surface area contributed by atoms with E-state index in [-0.39, 0.29) is 0 Å². The summed E-state index contributed by atoms with van der Waals surface area (Å²) in [5, 5.41) is 4.95. The van der Waals surface area contributed by atoms with E-state index in [0.29, 0.717) is 39.7 Å². The van der Waals surface area contributed by atoms with Gasteiger partial charge in [-0.1, -0.05) is 65.1 Å². The summed E-state index contributed by atoms with van der Waals surface area (Å²) < 4.78 is 11.3. The lowest BCUT2D eigenvalue weighted by atomic mass is 10.2. The summed E-state index contributed by atoms with van der Waals surface area (Å²) in [7, 11) is 1.59. The molecule has 3 aromatic carbocycles. The number of ether oxygens (including phenoxy) is 2. The number of rotatable bonds is 7. The fraction of sp³-hybridized carbons (Fsp3) is 0.143. The van der Waals surface area contributed by atoms with E-state index in [0.717, 1.165) is 16.8 Å². The number of methoxy groups -OCH3 is 1. The zero-order valence-electron chi connectivity index (χ0n) is 14.6. The first-order valence-electron chi connectivity index (χ1n) is 8.29. The van der Waals surface area contributed by atoms with Gasteiger partial charge >= 0.3 is 0 Å². The van der Waals surface area contributed by atoms with E-state index in [4.69, 9.17) is 44.3 Å². The van der Waals surface area contributed by atoms with Gasteiger partial charge in [0.1, 0.15) is 6.61 Å². The highest BCUT2D eigenvalue weighted by molar-refractivity contribution is 6.35. The van der Waals surface area contributed by atoms with Crippen LogP contribution < -0.4 is 14.8 Å². The summed E-state index contributed by atoms with van der Waals surface area (Å²) in [5.74, 6) is 1.10. The zero-order chi connectivity index (χ0) is 19.2. The van der Waals surface area contributed by atoms with Crippen molar-refractivity contribution in [3.05, 3.63) is 86.9 Å². The topological polar surface area (TPSA) is 30.5 Å². The molecule has 0 radical (unpaired) electrons. The molecule has 0 spiro atoms. The van der Waals surface area contributed by atoms with Crippen LogP contribution in [0.3, 0.4) is 0 Å². The minimum atomic E-state index is 0.409. The van der Waals surface area contributed by atoms with Crippen molar-refractivity contribution in [2.24, 2.45) is 0 Å². The Kier molecular flexibility index (Phi) is 6.73. The van der Waals surface area contributed by atoms with Crippen molar-refractivity contribution in [3.8, 4) is 11.5 Å². The second-order valence-corrected chi connectivity index (χ2v) is 7.11. The van der Waals surface area contributed by atoms with E-state index < -0.39 is 0 Å². The Balaban J connectivity index is 1.74. The number of nitrogens with one attached hydrogen (secondary N) is 1. The third-order valence-corrected chi connectivity index (χ3v) is 4.77. The van der Waals surface area contributed by atoms with Gasteiger partial charge in [0.05, 0.1) is 22.8 Å².